The lowest BCUT2D eigenvalue weighted by Gasteiger charge is -2.49. The third-order valence-corrected chi connectivity index (χ3v) is 6.63. The normalized spacial score (nSPS) is 23.7. The van der Waals surface area contributed by atoms with E-state index >= 15 is 0 Å². The summed E-state index contributed by atoms with van der Waals surface area (Å²) in [6.45, 7) is 7.44. The molecule has 31 heavy (non-hydrogen) atoms. The molecule has 0 aliphatic carbocycles. The second-order valence-electron chi connectivity index (χ2n) is 8.44. The molecule has 4 heterocycles. The van der Waals surface area contributed by atoms with Gasteiger partial charge in [0.05, 0.1) is 25.2 Å². The smallest absolute Gasteiger partial charge is 0.225 e. The summed E-state index contributed by atoms with van der Waals surface area (Å²) < 4.78 is 5.41. The number of carbonyl (C=O) groups is 1. The van der Waals surface area contributed by atoms with Gasteiger partial charge in [0, 0.05) is 63.9 Å². The standard InChI is InChI=1S/C23H30N6O2/c30-22(24-8-9-27-12-14-31-15-13-27)19-16-18-4-1-2-5-20(18)29-11-10-28(17-21(19)29)23-25-6-3-7-26-23/h1-7,19,21H,8-17H2,(H,24,30)/t19-,21-/m1/s1. The number of piperazine rings is 1. The Labute approximate surface area is 183 Å². The highest BCUT2D eigenvalue weighted by Gasteiger charge is 2.41. The van der Waals surface area contributed by atoms with E-state index in [4.69, 9.17) is 4.74 Å². The van der Waals surface area contributed by atoms with Gasteiger partial charge >= 0.3 is 0 Å². The zero-order valence-electron chi connectivity index (χ0n) is 17.8. The quantitative estimate of drug-likeness (QED) is 0.764. The van der Waals surface area contributed by atoms with Crippen LogP contribution in [0.15, 0.2) is 42.7 Å². The summed E-state index contributed by atoms with van der Waals surface area (Å²) in [5, 5.41) is 3.22. The van der Waals surface area contributed by atoms with Crippen LogP contribution in [0, 0.1) is 5.92 Å². The number of para-hydroxylation sites is 1. The van der Waals surface area contributed by atoms with Crippen molar-refractivity contribution in [2.45, 2.75) is 12.5 Å². The molecule has 8 nitrogen and oxygen atoms in total. The topological polar surface area (TPSA) is 73.8 Å². The Morgan fingerprint density at radius 3 is 2.71 bits per heavy atom. The SMILES string of the molecule is O=C(NCCN1CCOCC1)[C@@H]1Cc2ccccc2N2CCN(c3ncccn3)C[C@H]12. The maximum atomic E-state index is 13.3. The number of anilines is 2. The van der Waals surface area contributed by atoms with Crippen molar-refractivity contribution in [2.75, 3.05) is 68.8 Å². The average Bonchev–Trinajstić information content (AvgIpc) is 2.84. The number of hydrogen-bond acceptors (Lipinski definition) is 7. The van der Waals surface area contributed by atoms with E-state index in [2.05, 4.69) is 54.2 Å². The fourth-order valence-electron chi connectivity index (χ4n) is 4.99. The molecule has 1 N–H and O–H groups in total. The van der Waals surface area contributed by atoms with Crippen molar-refractivity contribution < 1.29 is 9.53 Å². The molecule has 5 rings (SSSR count). The van der Waals surface area contributed by atoms with Gasteiger partial charge < -0.3 is 19.9 Å². The molecule has 8 heteroatoms. The van der Waals surface area contributed by atoms with Gasteiger partial charge in [0.15, 0.2) is 0 Å². The first kappa shape index (κ1) is 20.2. The van der Waals surface area contributed by atoms with Gasteiger partial charge in [-0.05, 0) is 24.1 Å². The predicted molar refractivity (Wildman–Crippen MR) is 119 cm³/mol. The van der Waals surface area contributed by atoms with E-state index in [0.29, 0.717) is 6.54 Å². The number of ether oxygens (including phenoxy) is 1. The van der Waals surface area contributed by atoms with Crippen LogP contribution in [0.4, 0.5) is 11.6 Å². The monoisotopic (exact) mass is 422 g/mol. The maximum absolute atomic E-state index is 13.3. The number of rotatable bonds is 5. The molecule has 1 aromatic heterocycles. The lowest BCUT2D eigenvalue weighted by atomic mass is 9.83. The number of fused-ring (bicyclic) bond motifs is 3. The van der Waals surface area contributed by atoms with Gasteiger partial charge in [-0.3, -0.25) is 9.69 Å². The van der Waals surface area contributed by atoms with Crippen LogP contribution in [0.3, 0.4) is 0 Å². The van der Waals surface area contributed by atoms with Crippen LogP contribution in [-0.4, -0.2) is 85.8 Å². The number of hydrogen-bond donors (Lipinski definition) is 1. The zero-order chi connectivity index (χ0) is 21.0. The van der Waals surface area contributed by atoms with E-state index < -0.39 is 0 Å². The summed E-state index contributed by atoms with van der Waals surface area (Å²) in [5.41, 5.74) is 2.52. The number of nitrogens with one attached hydrogen (secondary N) is 1. The molecular formula is C23H30N6O2. The van der Waals surface area contributed by atoms with E-state index in [1.165, 1.54) is 11.3 Å². The van der Waals surface area contributed by atoms with E-state index in [0.717, 1.165) is 64.9 Å². The Hall–Kier alpha value is -2.71. The van der Waals surface area contributed by atoms with E-state index in [9.17, 15) is 4.79 Å². The second-order valence-corrected chi connectivity index (χ2v) is 8.44. The van der Waals surface area contributed by atoms with Crippen LogP contribution < -0.4 is 15.1 Å². The van der Waals surface area contributed by atoms with Crippen molar-refractivity contribution in [2.24, 2.45) is 5.92 Å². The number of carbonyl (C=O) groups excluding carboxylic acids is 1. The summed E-state index contributed by atoms with van der Waals surface area (Å²) in [5.74, 6) is 0.798. The molecule has 2 atom stereocenters. The largest absolute Gasteiger partial charge is 0.379 e. The lowest BCUT2D eigenvalue weighted by molar-refractivity contribution is -0.125. The van der Waals surface area contributed by atoms with E-state index in [-0.39, 0.29) is 17.9 Å². The molecular weight excluding hydrogens is 392 g/mol. The minimum atomic E-state index is -0.0916. The Morgan fingerprint density at radius 1 is 1.06 bits per heavy atom. The van der Waals surface area contributed by atoms with Crippen LogP contribution in [0.5, 0.6) is 0 Å². The summed E-state index contributed by atoms with van der Waals surface area (Å²) in [6.07, 6.45) is 4.33. The number of aromatic nitrogens is 2. The molecule has 1 amide bonds. The Morgan fingerprint density at radius 2 is 1.87 bits per heavy atom. The summed E-state index contributed by atoms with van der Waals surface area (Å²) >= 11 is 0. The Kier molecular flexibility index (Phi) is 5.99. The van der Waals surface area contributed by atoms with E-state index in [1.54, 1.807) is 12.4 Å². The van der Waals surface area contributed by atoms with Gasteiger partial charge in [-0.1, -0.05) is 18.2 Å². The molecule has 1 aromatic carbocycles. The van der Waals surface area contributed by atoms with Crippen molar-refractivity contribution in [3.05, 3.63) is 48.3 Å². The zero-order valence-corrected chi connectivity index (χ0v) is 17.8. The van der Waals surface area contributed by atoms with Crippen LogP contribution in [-0.2, 0) is 16.0 Å². The van der Waals surface area contributed by atoms with Crippen molar-refractivity contribution in [1.82, 2.24) is 20.2 Å². The van der Waals surface area contributed by atoms with Gasteiger partial charge in [-0.15, -0.1) is 0 Å². The summed E-state index contributed by atoms with van der Waals surface area (Å²) in [7, 11) is 0. The van der Waals surface area contributed by atoms with Crippen molar-refractivity contribution in [3.63, 3.8) is 0 Å². The highest BCUT2D eigenvalue weighted by molar-refractivity contribution is 5.82. The minimum Gasteiger partial charge on any atom is -0.379 e. The number of amides is 1. The molecule has 3 aliphatic rings. The first-order valence-corrected chi connectivity index (χ1v) is 11.2. The van der Waals surface area contributed by atoms with Gasteiger partial charge in [0.1, 0.15) is 0 Å². The summed E-state index contributed by atoms with van der Waals surface area (Å²) in [6, 6.07) is 10.4. The molecule has 0 spiro atoms. The first-order chi connectivity index (χ1) is 15.3. The van der Waals surface area contributed by atoms with Gasteiger partial charge in [0.2, 0.25) is 11.9 Å². The Balaban J connectivity index is 1.30. The minimum absolute atomic E-state index is 0.0916. The molecule has 0 unspecified atom stereocenters. The molecule has 3 aliphatic heterocycles. The highest BCUT2D eigenvalue weighted by Crippen LogP contribution is 2.36. The van der Waals surface area contributed by atoms with E-state index in [1.807, 2.05) is 6.07 Å². The highest BCUT2D eigenvalue weighted by atomic mass is 16.5. The van der Waals surface area contributed by atoms with Crippen molar-refractivity contribution >= 4 is 17.5 Å². The maximum Gasteiger partial charge on any atom is 0.225 e. The van der Waals surface area contributed by atoms with Gasteiger partial charge in [-0.2, -0.15) is 0 Å². The molecule has 2 saturated heterocycles. The number of morpholine rings is 1. The Bertz CT molecular complexity index is 889. The van der Waals surface area contributed by atoms with Crippen LogP contribution >= 0.6 is 0 Å². The van der Waals surface area contributed by atoms with Crippen LogP contribution in [0.25, 0.3) is 0 Å². The van der Waals surface area contributed by atoms with Crippen LogP contribution in [0.2, 0.25) is 0 Å². The van der Waals surface area contributed by atoms with Crippen molar-refractivity contribution in [3.8, 4) is 0 Å². The third kappa shape index (κ3) is 4.36. The predicted octanol–water partition coefficient (Wildman–Crippen LogP) is 0.793. The molecule has 0 saturated carbocycles. The van der Waals surface area contributed by atoms with Gasteiger partial charge in [0.25, 0.3) is 0 Å². The average molecular weight is 423 g/mol. The fourth-order valence-corrected chi connectivity index (χ4v) is 4.99. The first-order valence-electron chi connectivity index (χ1n) is 11.2. The van der Waals surface area contributed by atoms with Crippen LogP contribution in [0.1, 0.15) is 5.56 Å². The molecule has 0 radical (unpaired) electrons. The molecule has 164 valence electrons. The van der Waals surface area contributed by atoms with Gasteiger partial charge in [-0.25, -0.2) is 9.97 Å². The summed E-state index contributed by atoms with van der Waals surface area (Å²) in [4.78, 5) is 29.2. The fraction of sp³-hybridized carbons (Fsp3) is 0.522. The lowest BCUT2D eigenvalue weighted by Crippen LogP contribution is -2.61. The number of nitrogens with zero attached hydrogens (tertiary/aromatic N) is 5. The molecule has 2 aromatic rings. The molecule has 0 bridgehead atoms. The second kappa shape index (κ2) is 9.20. The third-order valence-electron chi connectivity index (χ3n) is 6.63. The molecule has 2 fully saturated rings. The number of benzene rings is 1. The van der Waals surface area contributed by atoms with Crippen molar-refractivity contribution in [1.29, 1.82) is 0 Å².